The monoisotopic (exact) mass is 208 g/mol. The van der Waals surface area contributed by atoms with Crippen molar-refractivity contribution < 1.29 is 4.42 Å². The Morgan fingerprint density at radius 1 is 1.60 bits per heavy atom. The van der Waals surface area contributed by atoms with E-state index < -0.39 is 0 Å². The second-order valence-electron chi connectivity index (χ2n) is 4.23. The topological polar surface area (TPSA) is 42.4 Å². The van der Waals surface area contributed by atoms with E-state index in [1.807, 2.05) is 6.07 Å². The van der Waals surface area contributed by atoms with Crippen LogP contribution in [0.2, 0.25) is 0 Å². The van der Waals surface area contributed by atoms with Crippen molar-refractivity contribution in [3.63, 3.8) is 0 Å². The summed E-state index contributed by atoms with van der Waals surface area (Å²) in [6.07, 6.45) is 4.23. The molecule has 0 bridgehead atoms. The maximum Gasteiger partial charge on any atom is 0.121 e. The van der Waals surface area contributed by atoms with Gasteiger partial charge in [-0.25, -0.2) is 0 Å². The zero-order chi connectivity index (χ0) is 10.7. The van der Waals surface area contributed by atoms with Gasteiger partial charge in [0, 0.05) is 0 Å². The molecule has 2 unspecified atom stereocenters. The number of nitrogens with zero attached hydrogens (tertiary/aromatic N) is 1. The van der Waals surface area contributed by atoms with Crippen molar-refractivity contribution in [1.82, 2.24) is 4.90 Å². The third-order valence-electron chi connectivity index (χ3n) is 3.40. The molecule has 1 aromatic heterocycles. The molecule has 1 saturated heterocycles. The van der Waals surface area contributed by atoms with Gasteiger partial charge < -0.3 is 10.2 Å². The highest BCUT2D eigenvalue weighted by molar-refractivity contribution is 5.08. The number of rotatable bonds is 3. The van der Waals surface area contributed by atoms with E-state index in [2.05, 4.69) is 17.9 Å². The van der Waals surface area contributed by atoms with Crippen molar-refractivity contribution in [2.24, 2.45) is 11.7 Å². The van der Waals surface area contributed by atoms with Gasteiger partial charge in [-0.1, -0.05) is 6.92 Å². The number of nitrogens with two attached hydrogens (primary N) is 1. The van der Waals surface area contributed by atoms with Crippen molar-refractivity contribution in [1.29, 1.82) is 0 Å². The van der Waals surface area contributed by atoms with Gasteiger partial charge in [0.2, 0.25) is 0 Å². The Bertz CT molecular complexity index is 272. The van der Waals surface area contributed by atoms with E-state index >= 15 is 0 Å². The quantitative estimate of drug-likeness (QED) is 0.826. The van der Waals surface area contributed by atoms with Gasteiger partial charge in [-0.2, -0.15) is 0 Å². The Kier molecular flexibility index (Phi) is 3.44. The fourth-order valence-corrected chi connectivity index (χ4v) is 2.63. The molecule has 84 valence electrons. The lowest BCUT2D eigenvalue weighted by Crippen LogP contribution is -2.41. The van der Waals surface area contributed by atoms with Crippen LogP contribution < -0.4 is 5.73 Å². The second kappa shape index (κ2) is 4.81. The smallest absolute Gasteiger partial charge is 0.121 e. The normalized spacial score (nSPS) is 28.1. The minimum atomic E-state index is 0.392. The maximum atomic E-state index is 5.85. The molecule has 1 aliphatic heterocycles. The molecule has 1 aromatic rings. The van der Waals surface area contributed by atoms with E-state index in [0.29, 0.717) is 12.0 Å². The lowest BCUT2D eigenvalue weighted by molar-refractivity contribution is 0.0851. The Morgan fingerprint density at radius 2 is 2.47 bits per heavy atom. The van der Waals surface area contributed by atoms with E-state index in [4.69, 9.17) is 10.2 Å². The van der Waals surface area contributed by atoms with Crippen molar-refractivity contribution in [3.05, 3.63) is 24.2 Å². The Morgan fingerprint density at radius 3 is 3.07 bits per heavy atom. The fraction of sp³-hybridized carbons (Fsp3) is 0.667. The van der Waals surface area contributed by atoms with Crippen molar-refractivity contribution in [2.45, 2.75) is 25.8 Å². The van der Waals surface area contributed by atoms with E-state index in [0.717, 1.165) is 18.8 Å². The number of likely N-dealkylation sites (tertiary alicyclic amines) is 1. The molecule has 1 aliphatic rings. The van der Waals surface area contributed by atoms with Crippen LogP contribution in [0.1, 0.15) is 31.6 Å². The van der Waals surface area contributed by atoms with Gasteiger partial charge in [-0.15, -0.1) is 0 Å². The lowest BCUT2D eigenvalue weighted by atomic mass is 9.87. The molecule has 0 spiro atoms. The van der Waals surface area contributed by atoms with Gasteiger partial charge in [0.1, 0.15) is 5.76 Å². The van der Waals surface area contributed by atoms with Gasteiger partial charge in [-0.05, 0) is 50.5 Å². The Hall–Kier alpha value is -0.800. The molecule has 2 heterocycles. The first-order chi connectivity index (χ1) is 7.36. The van der Waals surface area contributed by atoms with Gasteiger partial charge in [-0.3, -0.25) is 4.90 Å². The number of hydrogen-bond donors (Lipinski definition) is 1. The minimum absolute atomic E-state index is 0.392. The average molecular weight is 208 g/mol. The van der Waals surface area contributed by atoms with Gasteiger partial charge in [0.05, 0.1) is 12.3 Å². The Balaban J connectivity index is 2.20. The van der Waals surface area contributed by atoms with E-state index in [9.17, 15) is 0 Å². The summed E-state index contributed by atoms with van der Waals surface area (Å²) in [4.78, 5) is 2.47. The summed E-state index contributed by atoms with van der Waals surface area (Å²) >= 11 is 0. The van der Waals surface area contributed by atoms with Crippen LogP contribution >= 0.6 is 0 Å². The minimum Gasteiger partial charge on any atom is -0.468 e. The predicted octanol–water partition coefficient (Wildman–Crippen LogP) is 2.01. The van der Waals surface area contributed by atoms with Gasteiger partial charge >= 0.3 is 0 Å². The van der Waals surface area contributed by atoms with E-state index in [1.165, 1.54) is 19.4 Å². The fourth-order valence-electron chi connectivity index (χ4n) is 2.63. The van der Waals surface area contributed by atoms with Crippen LogP contribution in [0.15, 0.2) is 22.8 Å². The van der Waals surface area contributed by atoms with Crippen LogP contribution in [-0.4, -0.2) is 24.5 Å². The summed E-state index contributed by atoms with van der Waals surface area (Å²) in [6.45, 7) is 5.19. The first-order valence-corrected chi connectivity index (χ1v) is 5.84. The molecule has 1 fully saturated rings. The van der Waals surface area contributed by atoms with Crippen LogP contribution in [0.4, 0.5) is 0 Å². The summed E-state index contributed by atoms with van der Waals surface area (Å²) < 4.78 is 5.54. The summed E-state index contributed by atoms with van der Waals surface area (Å²) in [6, 6.07) is 4.43. The van der Waals surface area contributed by atoms with Crippen molar-refractivity contribution >= 4 is 0 Å². The SMILES string of the molecule is CCN1CCCC(CN)C1c1ccco1. The molecule has 0 aromatic carbocycles. The third-order valence-corrected chi connectivity index (χ3v) is 3.40. The number of piperidine rings is 1. The molecule has 15 heavy (non-hydrogen) atoms. The third kappa shape index (κ3) is 2.08. The van der Waals surface area contributed by atoms with Crippen LogP contribution in [-0.2, 0) is 0 Å². The molecule has 0 saturated carbocycles. The highest BCUT2D eigenvalue weighted by Crippen LogP contribution is 2.35. The van der Waals surface area contributed by atoms with Crippen LogP contribution in [0.25, 0.3) is 0 Å². The molecule has 0 amide bonds. The van der Waals surface area contributed by atoms with Crippen LogP contribution in [0.3, 0.4) is 0 Å². The van der Waals surface area contributed by atoms with Gasteiger partial charge in [0.25, 0.3) is 0 Å². The molecule has 3 nitrogen and oxygen atoms in total. The van der Waals surface area contributed by atoms with E-state index in [-0.39, 0.29) is 0 Å². The zero-order valence-corrected chi connectivity index (χ0v) is 9.36. The highest BCUT2D eigenvalue weighted by atomic mass is 16.3. The maximum absolute atomic E-state index is 5.85. The second-order valence-corrected chi connectivity index (χ2v) is 4.23. The predicted molar refractivity (Wildman–Crippen MR) is 60.5 cm³/mol. The molecular weight excluding hydrogens is 188 g/mol. The summed E-state index contributed by atoms with van der Waals surface area (Å²) in [5.41, 5.74) is 5.85. The molecule has 0 radical (unpaired) electrons. The highest BCUT2D eigenvalue weighted by Gasteiger charge is 2.32. The molecule has 2 atom stereocenters. The first kappa shape index (κ1) is 10.7. The first-order valence-electron chi connectivity index (χ1n) is 5.84. The standard InChI is InChI=1S/C12H20N2O/c1-2-14-7-3-5-10(9-13)12(14)11-6-4-8-15-11/h4,6,8,10,12H,2-3,5,7,9,13H2,1H3. The molecule has 2 N–H and O–H groups in total. The van der Waals surface area contributed by atoms with E-state index in [1.54, 1.807) is 6.26 Å². The zero-order valence-electron chi connectivity index (χ0n) is 9.36. The largest absolute Gasteiger partial charge is 0.468 e. The van der Waals surface area contributed by atoms with Gasteiger partial charge in [0.15, 0.2) is 0 Å². The van der Waals surface area contributed by atoms with Crippen LogP contribution in [0.5, 0.6) is 0 Å². The number of hydrogen-bond acceptors (Lipinski definition) is 3. The summed E-state index contributed by atoms with van der Waals surface area (Å²) in [5, 5.41) is 0. The lowest BCUT2D eigenvalue weighted by Gasteiger charge is -2.39. The average Bonchev–Trinajstić information content (AvgIpc) is 2.81. The molecule has 2 rings (SSSR count). The number of furan rings is 1. The van der Waals surface area contributed by atoms with Crippen LogP contribution in [0, 0.1) is 5.92 Å². The van der Waals surface area contributed by atoms with Crippen molar-refractivity contribution in [3.8, 4) is 0 Å². The van der Waals surface area contributed by atoms with Crippen molar-refractivity contribution in [2.75, 3.05) is 19.6 Å². The molecule has 0 aliphatic carbocycles. The Labute approximate surface area is 91.2 Å². The summed E-state index contributed by atoms with van der Waals surface area (Å²) in [5.74, 6) is 1.62. The molecular formula is C12H20N2O. The molecule has 3 heteroatoms. The summed E-state index contributed by atoms with van der Waals surface area (Å²) in [7, 11) is 0.